The van der Waals surface area contributed by atoms with Gasteiger partial charge in [-0.3, -0.25) is 4.79 Å². The van der Waals surface area contributed by atoms with Crippen LogP contribution in [0.25, 0.3) is 22.6 Å². The number of aromatic nitrogens is 1. The Hall–Kier alpha value is -3.80. The van der Waals surface area contributed by atoms with Gasteiger partial charge < -0.3 is 19.2 Å². The highest BCUT2D eigenvalue weighted by molar-refractivity contribution is 6.05. The third kappa shape index (κ3) is 3.97. The molecule has 1 heterocycles. The van der Waals surface area contributed by atoms with Crippen LogP contribution < -0.4 is 14.8 Å². The van der Waals surface area contributed by atoms with E-state index in [1.807, 2.05) is 45.0 Å². The van der Waals surface area contributed by atoms with Gasteiger partial charge >= 0.3 is 0 Å². The second-order valence-electron chi connectivity index (χ2n) is 7.48. The van der Waals surface area contributed by atoms with Crippen molar-refractivity contribution in [2.75, 3.05) is 19.5 Å². The zero-order valence-electron chi connectivity index (χ0n) is 18.2. The van der Waals surface area contributed by atoms with Gasteiger partial charge in [0.1, 0.15) is 17.0 Å². The number of oxazole rings is 1. The average molecular weight is 416 g/mol. The number of aryl methyl sites for hydroxylation is 2. The first kappa shape index (κ1) is 20.5. The van der Waals surface area contributed by atoms with E-state index in [0.29, 0.717) is 28.6 Å². The zero-order valence-corrected chi connectivity index (χ0v) is 18.2. The number of ether oxygens (including phenoxy) is 2. The fourth-order valence-corrected chi connectivity index (χ4v) is 3.63. The molecule has 0 bridgehead atoms. The van der Waals surface area contributed by atoms with Crippen molar-refractivity contribution in [3.05, 3.63) is 70.8 Å². The van der Waals surface area contributed by atoms with Crippen LogP contribution in [0.1, 0.15) is 27.0 Å². The van der Waals surface area contributed by atoms with Crippen molar-refractivity contribution >= 4 is 22.7 Å². The van der Waals surface area contributed by atoms with Gasteiger partial charge in [-0.1, -0.05) is 12.1 Å². The van der Waals surface area contributed by atoms with Crippen molar-refractivity contribution in [1.82, 2.24) is 4.98 Å². The standard InChI is InChI=1S/C25H24N2O4/c1-14-9-15(2)23-22(10-14)27-25(31-23)20-7-6-8-21(16(20)3)26-24(28)17-11-18(29-4)13-19(12-17)30-5/h6-13H,1-5H3,(H,26,28). The fourth-order valence-electron chi connectivity index (χ4n) is 3.63. The molecular weight excluding hydrogens is 392 g/mol. The second kappa shape index (κ2) is 8.14. The number of rotatable bonds is 5. The van der Waals surface area contributed by atoms with E-state index in [1.54, 1.807) is 32.4 Å². The van der Waals surface area contributed by atoms with Crippen molar-refractivity contribution in [2.45, 2.75) is 20.8 Å². The number of hydrogen-bond acceptors (Lipinski definition) is 5. The first-order valence-corrected chi connectivity index (χ1v) is 9.92. The Balaban J connectivity index is 1.69. The smallest absolute Gasteiger partial charge is 0.255 e. The lowest BCUT2D eigenvalue weighted by molar-refractivity contribution is 0.102. The van der Waals surface area contributed by atoms with Gasteiger partial charge in [0.25, 0.3) is 5.91 Å². The van der Waals surface area contributed by atoms with Gasteiger partial charge in [-0.25, -0.2) is 4.98 Å². The summed E-state index contributed by atoms with van der Waals surface area (Å²) in [7, 11) is 3.10. The Morgan fingerprint density at radius 3 is 2.35 bits per heavy atom. The van der Waals surface area contributed by atoms with Gasteiger partial charge in [0.15, 0.2) is 5.58 Å². The molecule has 0 fully saturated rings. The van der Waals surface area contributed by atoms with E-state index >= 15 is 0 Å². The number of methoxy groups -OCH3 is 2. The third-order valence-electron chi connectivity index (χ3n) is 5.25. The summed E-state index contributed by atoms with van der Waals surface area (Å²) in [5.74, 6) is 1.36. The van der Waals surface area contributed by atoms with Gasteiger partial charge in [0, 0.05) is 22.9 Å². The molecule has 0 unspecified atom stereocenters. The summed E-state index contributed by atoms with van der Waals surface area (Å²) in [5, 5.41) is 2.97. The number of hydrogen-bond donors (Lipinski definition) is 1. The molecule has 6 nitrogen and oxygen atoms in total. The molecule has 0 aliphatic carbocycles. The van der Waals surface area contributed by atoms with E-state index in [2.05, 4.69) is 16.4 Å². The van der Waals surface area contributed by atoms with Crippen LogP contribution in [0.2, 0.25) is 0 Å². The van der Waals surface area contributed by atoms with Gasteiger partial charge in [-0.15, -0.1) is 0 Å². The summed E-state index contributed by atoms with van der Waals surface area (Å²) in [5.41, 5.74) is 6.59. The lowest BCUT2D eigenvalue weighted by atomic mass is 10.1. The highest BCUT2D eigenvalue weighted by Crippen LogP contribution is 2.32. The minimum Gasteiger partial charge on any atom is -0.497 e. The molecule has 1 amide bonds. The van der Waals surface area contributed by atoms with Crippen LogP contribution in [0.4, 0.5) is 5.69 Å². The van der Waals surface area contributed by atoms with Crippen molar-refractivity contribution in [2.24, 2.45) is 0 Å². The molecule has 4 aromatic rings. The predicted molar refractivity (Wildman–Crippen MR) is 121 cm³/mol. The van der Waals surface area contributed by atoms with E-state index in [1.165, 1.54) is 0 Å². The predicted octanol–water partition coefficient (Wildman–Crippen LogP) is 5.69. The summed E-state index contributed by atoms with van der Waals surface area (Å²) in [6, 6.07) is 14.8. The van der Waals surface area contributed by atoms with Crippen molar-refractivity contribution in [1.29, 1.82) is 0 Å². The Morgan fingerprint density at radius 1 is 0.968 bits per heavy atom. The molecular formula is C25H24N2O4. The van der Waals surface area contributed by atoms with Gasteiger partial charge in [0.05, 0.1) is 14.2 Å². The Bertz CT molecular complexity index is 1270. The highest BCUT2D eigenvalue weighted by atomic mass is 16.5. The Kier molecular flexibility index (Phi) is 5.38. The molecule has 0 spiro atoms. The van der Waals surface area contributed by atoms with Crippen LogP contribution in [-0.4, -0.2) is 25.1 Å². The van der Waals surface area contributed by atoms with Crippen molar-refractivity contribution in [3.63, 3.8) is 0 Å². The quantitative estimate of drug-likeness (QED) is 0.452. The zero-order chi connectivity index (χ0) is 22.1. The van der Waals surface area contributed by atoms with Crippen LogP contribution in [0.3, 0.4) is 0 Å². The number of nitrogens with zero attached hydrogens (tertiary/aromatic N) is 1. The molecule has 1 aromatic heterocycles. The van der Waals surface area contributed by atoms with E-state index in [0.717, 1.165) is 33.4 Å². The van der Waals surface area contributed by atoms with Crippen molar-refractivity contribution in [3.8, 4) is 23.0 Å². The minimum absolute atomic E-state index is 0.263. The van der Waals surface area contributed by atoms with Crippen LogP contribution in [0.15, 0.2) is 52.9 Å². The van der Waals surface area contributed by atoms with Crippen LogP contribution in [0.5, 0.6) is 11.5 Å². The average Bonchev–Trinajstić information content (AvgIpc) is 3.18. The largest absolute Gasteiger partial charge is 0.497 e. The van der Waals surface area contributed by atoms with E-state index < -0.39 is 0 Å². The maximum absolute atomic E-state index is 12.9. The molecule has 6 heteroatoms. The number of carbonyl (C=O) groups is 1. The monoisotopic (exact) mass is 416 g/mol. The number of benzene rings is 3. The molecule has 0 saturated carbocycles. The van der Waals surface area contributed by atoms with Crippen LogP contribution >= 0.6 is 0 Å². The molecule has 158 valence electrons. The maximum Gasteiger partial charge on any atom is 0.255 e. The van der Waals surface area contributed by atoms with Gasteiger partial charge in [-0.2, -0.15) is 0 Å². The molecule has 0 saturated heterocycles. The summed E-state index contributed by atoms with van der Waals surface area (Å²) in [6.07, 6.45) is 0. The summed E-state index contributed by atoms with van der Waals surface area (Å²) in [6.45, 7) is 5.98. The highest BCUT2D eigenvalue weighted by Gasteiger charge is 2.16. The first-order chi connectivity index (χ1) is 14.9. The third-order valence-corrected chi connectivity index (χ3v) is 5.25. The molecule has 0 radical (unpaired) electrons. The normalized spacial score (nSPS) is 10.9. The molecule has 0 aliphatic rings. The first-order valence-electron chi connectivity index (χ1n) is 9.92. The van der Waals surface area contributed by atoms with Gasteiger partial charge in [0.2, 0.25) is 5.89 Å². The number of anilines is 1. The van der Waals surface area contributed by atoms with Crippen LogP contribution in [0, 0.1) is 20.8 Å². The summed E-state index contributed by atoms with van der Waals surface area (Å²) in [4.78, 5) is 17.6. The number of nitrogens with one attached hydrogen (secondary N) is 1. The summed E-state index contributed by atoms with van der Waals surface area (Å²) < 4.78 is 16.6. The van der Waals surface area contributed by atoms with E-state index in [4.69, 9.17) is 13.9 Å². The molecule has 3 aromatic carbocycles. The molecule has 4 rings (SSSR count). The molecule has 1 N–H and O–H groups in total. The van der Waals surface area contributed by atoms with Crippen molar-refractivity contribution < 1.29 is 18.7 Å². The Morgan fingerprint density at radius 2 is 1.68 bits per heavy atom. The molecule has 0 atom stereocenters. The fraction of sp³-hybridized carbons (Fsp3) is 0.200. The van der Waals surface area contributed by atoms with Gasteiger partial charge in [-0.05, 0) is 67.8 Å². The maximum atomic E-state index is 12.9. The number of amides is 1. The molecule has 31 heavy (non-hydrogen) atoms. The number of carbonyl (C=O) groups excluding carboxylic acids is 1. The SMILES string of the molecule is COc1cc(OC)cc(C(=O)Nc2cccc(-c3nc4cc(C)cc(C)c4o3)c2C)c1. The minimum atomic E-state index is -0.263. The topological polar surface area (TPSA) is 73.6 Å². The second-order valence-corrected chi connectivity index (χ2v) is 7.48. The Labute approximate surface area is 180 Å². The van der Waals surface area contributed by atoms with Crippen LogP contribution in [-0.2, 0) is 0 Å². The van der Waals surface area contributed by atoms with E-state index in [9.17, 15) is 4.79 Å². The number of fused-ring (bicyclic) bond motifs is 1. The lowest BCUT2D eigenvalue weighted by Crippen LogP contribution is -2.13. The lowest BCUT2D eigenvalue weighted by Gasteiger charge is -2.12. The summed E-state index contributed by atoms with van der Waals surface area (Å²) >= 11 is 0. The van der Waals surface area contributed by atoms with E-state index in [-0.39, 0.29) is 5.91 Å². The molecule has 0 aliphatic heterocycles.